The highest BCUT2D eigenvalue weighted by molar-refractivity contribution is 7.16. The van der Waals surface area contributed by atoms with Crippen LogP contribution in [0.5, 0.6) is 11.5 Å². The Morgan fingerprint density at radius 1 is 0.957 bits per heavy atom. The van der Waals surface area contributed by atoms with Crippen LogP contribution in [0, 0.1) is 13.8 Å². The number of nitrogens with one attached hydrogen (secondary N) is 1. The van der Waals surface area contributed by atoms with Gasteiger partial charge in [-0.05, 0) is 90.3 Å². The number of thiophene rings is 2. The van der Waals surface area contributed by atoms with Crippen molar-refractivity contribution < 1.29 is 23.8 Å². The molecule has 230 valence electrons. The predicted molar refractivity (Wildman–Crippen MR) is 184 cm³/mol. The zero-order chi connectivity index (χ0) is 32.1. The number of nitrogens with zero attached hydrogens (tertiary/aromatic N) is 1. The highest BCUT2D eigenvalue weighted by Gasteiger charge is 2.29. The molecule has 0 saturated carbocycles. The maximum absolute atomic E-state index is 14.2. The normalized spacial score (nSPS) is 11.8. The summed E-state index contributed by atoms with van der Waals surface area (Å²) in [6.45, 7) is 4.59. The number of carbonyl (C=O) groups excluding carboxylic acids is 2. The quantitative estimate of drug-likeness (QED) is 0.174. The molecule has 10 heteroatoms. The van der Waals surface area contributed by atoms with Gasteiger partial charge in [-0.25, -0.2) is 9.78 Å². The highest BCUT2D eigenvalue weighted by atomic mass is 32.1. The van der Waals surface area contributed by atoms with Crippen molar-refractivity contribution in [3.05, 3.63) is 99.4 Å². The molecular weight excluding hydrogens is 619 g/mol. The van der Waals surface area contributed by atoms with Crippen LogP contribution in [0.15, 0.2) is 72.2 Å². The molecule has 0 bridgehead atoms. The largest absolute Gasteiger partial charge is 0.496 e. The summed E-state index contributed by atoms with van der Waals surface area (Å²) in [6, 6.07) is 18.5. The Balaban J connectivity index is 1.42. The molecule has 0 spiro atoms. The topological polar surface area (TPSA) is 113 Å². The van der Waals surface area contributed by atoms with Crippen molar-refractivity contribution in [2.24, 2.45) is 0 Å². The fourth-order valence-corrected chi connectivity index (χ4v) is 7.79. The van der Waals surface area contributed by atoms with Gasteiger partial charge in [-0.3, -0.25) is 4.79 Å². The van der Waals surface area contributed by atoms with Gasteiger partial charge in [-0.1, -0.05) is 6.07 Å². The minimum absolute atomic E-state index is 0.315. The first-order valence-corrected chi connectivity index (χ1v) is 16.2. The molecule has 1 amide bonds. The molecule has 0 aliphatic carbocycles. The summed E-state index contributed by atoms with van der Waals surface area (Å²) in [7, 11) is 2.94. The number of ether oxygens (including phenoxy) is 3. The molecular formula is C36H29N3O5S2. The number of aromatic nitrogens is 1. The molecule has 46 heavy (non-hydrogen) atoms. The van der Waals surface area contributed by atoms with Crippen LogP contribution in [0.25, 0.3) is 42.8 Å². The maximum atomic E-state index is 14.2. The van der Waals surface area contributed by atoms with Crippen molar-refractivity contribution in [3.8, 4) is 43.5 Å². The smallest absolute Gasteiger partial charge is 0.338 e. The SMILES string of the molecule is COC(=O)c1cc2c(cc1-c1cc(OC)c(-c3cccs3)cc1C(=O)Nc1ccc3c(N)nccc3c1)OCc1c-2sc(C)c1C. The average molecular weight is 648 g/mol. The lowest BCUT2D eigenvalue weighted by Crippen LogP contribution is -2.15. The van der Waals surface area contributed by atoms with Crippen LogP contribution in [0.3, 0.4) is 0 Å². The third-order valence-electron chi connectivity index (χ3n) is 8.37. The monoisotopic (exact) mass is 647 g/mol. The van der Waals surface area contributed by atoms with Gasteiger partial charge in [0.05, 0.1) is 19.8 Å². The number of hydrogen-bond donors (Lipinski definition) is 2. The highest BCUT2D eigenvalue weighted by Crippen LogP contribution is 2.48. The molecule has 7 rings (SSSR count). The fourth-order valence-electron chi connectivity index (χ4n) is 5.85. The lowest BCUT2D eigenvalue weighted by atomic mass is 9.89. The number of anilines is 2. The molecule has 3 aromatic heterocycles. The Morgan fingerprint density at radius 2 is 1.76 bits per heavy atom. The van der Waals surface area contributed by atoms with Gasteiger partial charge < -0.3 is 25.3 Å². The molecule has 3 N–H and O–H groups in total. The summed E-state index contributed by atoms with van der Waals surface area (Å²) in [4.78, 5) is 35.0. The number of carbonyl (C=O) groups is 2. The van der Waals surface area contributed by atoms with Crippen molar-refractivity contribution in [3.63, 3.8) is 0 Å². The van der Waals surface area contributed by atoms with Crippen LogP contribution in [0.2, 0.25) is 0 Å². The number of fused-ring (bicyclic) bond motifs is 4. The minimum atomic E-state index is -0.525. The van der Waals surface area contributed by atoms with E-state index in [0.717, 1.165) is 37.2 Å². The van der Waals surface area contributed by atoms with Gasteiger partial charge in [0, 0.05) is 59.7 Å². The summed E-state index contributed by atoms with van der Waals surface area (Å²) >= 11 is 3.22. The van der Waals surface area contributed by atoms with Crippen LogP contribution in [0.1, 0.15) is 36.7 Å². The van der Waals surface area contributed by atoms with Gasteiger partial charge in [-0.15, -0.1) is 22.7 Å². The Hall–Kier alpha value is -5.19. The van der Waals surface area contributed by atoms with Gasteiger partial charge in [0.2, 0.25) is 0 Å². The molecule has 1 aliphatic heterocycles. The van der Waals surface area contributed by atoms with E-state index in [4.69, 9.17) is 19.9 Å². The molecule has 4 heterocycles. The molecule has 0 saturated heterocycles. The van der Waals surface area contributed by atoms with E-state index < -0.39 is 5.97 Å². The molecule has 8 nitrogen and oxygen atoms in total. The number of nitrogen functional groups attached to an aromatic ring is 1. The third kappa shape index (κ3) is 4.96. The van der Waals surface area contributed by atoms with Gasteiger partial charge >= 0.3 is 5.97 Å². The summed E-state index contributed by atoms with van der Waals surface area (Å²) in [5, 5.41) is 6.66. The lowest BCUT2D eigenvalue weighted by Gasteiger charge is -2.22. The second kappa shape index (κ2) is 11.6. The number of methoxy groups -OCH3 is 2. The molecule has 6 aromatic rings. The standard InChI is InChI=1S/C36H29N3O5S2/c1-18-19(2)46-33-28-14-26(36(41)43-4)24(16-31(28)44-17-29(18)33)23-15-30(42-3)27(32-6-5-11-45-32)13-25(23)35(40)39-21-7-8-22-20(12-21)9-10-38-34(22)37/h5-16H,17H2,1-4H3,(H2,37,38)(H,39,40). The van der Waals surface area contributed by atoms with Crippen LogP contribution in [-0.2, 0) is 11.3 Å². The Labute approximate surface area is 273 Å². The first-order chi connectivity index (χ1) is 22.3. The second-order valence-electron chi connectivity index (χ2n) is 10.9. The summed E-state index contributed by atoms with van der Waals surface area (Å²) in [6.07, 6.45) is 1.63. The number of hydrogen-bond acceptors (Lipinski definition) is 9. The maximum Gasteiger partial charge on any atom is 0.338 e. The average Bonchev–Trinajstić information content (AvgIpc) is 3.71. The Kier molecular flexibility index (Phi) is 7.46. The summed E-state index contributed by atoms with van der Waals surface area (Å²) in [5.74, 6) is 0.716. The van der Waals surface area contributed by atoms with Crippen molar-refractivity contribution in [2.75, 3.05) is 25.3 Å². The van der Waals surface area contributed by atoms with Crippen molar-refractivity contribution in [2.45, 2.75) is 20.5 Å². The van der Waals surface area contributed by atoms with E-state index in [0.29, 0.717) is 51.9 Å². The predicted octanol–water partition coefficient (Wildman–Crippen LogP) is 8.50. The lowest BCUT2D eigenvalue weighted by molar-refractivity contribution is 0.0601. The number of aryl methyl sites for hydroxylation is 1. The molecule has 1 aliphatic rings. The molecule has 0 atom stereocenters. The number of esters is 1. The van der Waals surface area contributed by atoms with Crippen molar-refractivity contribution >= 4 is 56.8 Å². The molecule has 0 radical (unpaired) electrons. The molecule has 0 unspecified atom stereocenters. The number of benzene rings is 3. The number of rotatable bonds is 6. The van der Waals surface area contributed by atoms with Crippen LogP contribution < -0.4 is 20.5 Å². The molecule has 0 fully saturated rings. The van der Waals surface area contributed by atoms with E-state index >= 15 is 0 Å². The van der Waals surface area contributed by atoms with E-state index in [-0.39, 0.29) is 5.91 Å². The minimum Gasteiger partial charge on any atom is -0.496 e. The van der Waals surface area contributed by atoms with Crippen molar-refractivity contribution in [1.29, 1.82) is 0 Å². The van der Waals surface area contributed by atoms with E-state index in [9.17, 15) is 9.59 Å². The number of nitrogens with two attached hydrogens (primary N) is 1. The zero-order valence-corrected chi connectivity index (χ0v) is 27.2. The first-order valence-electron chi connectivity index (χ1n) is 14.5. The van der Waals surface area contributed by atoms with Gasteiger partial charge in [0.1, 0.15) is 23.9 Å². The van der Waals surface area contributed by atoms with E-state index in [1.165, 1.54) is 28.9 Å². The fraction of sp³-hybridized carbons (Fsp3) is 0.139. The van der Waals surface area contributed by atoms with E-state index in [1.54, 1.807) is 36.8 Å². The third-order valence-corrected chi connectivity index (χ3v) is 10.6. The summed E-state index contributed by atoms with van der Waals surface area (Å²) in [5.41, 5.74) is 12.2. The van der Waals surface area contributed by atoms with Gasteiger partial charge in [0.25, 0.3) is 5.91 Å². The van der Waals surface area contributed by atoms with Crippen molar-refractivity contribution in [1.82, 2.24) is 4.98 Å². The first kappa shape index (κ1) is 29.5. The Bertz CT molecular complexity index is 2190. The zero-order valence-electron chi connectivity index (χ0n) is 25.5. The van der Waals surface area contributed by atoms with E-state index in [1.807, 2.05) is 53.9 Å². The number of pyridine rings is 1. The second-order valence-corrected chi connectivity index (χ2v) is 13.1. The van der Waals surface area contributed by atoms with Crippen LogP contribution in [0.4, 0.5) is 11.5 Å². The Morgan fingerprint density at radius 3 is 2.52 bits per heavy atom. The van der Waals surface area contributed by atoms with Crippen LogP contribution in [-0.4, -0.2) is 31.1 Å². The van der Waals surface area contributed by atoms with E-state index in [2.05, 4.69) is 24.1 Å². The van der Waals surface area contributed by atoms with Gasteiger partial charge in [-0.2, -0.15) is 0 Å². The molecule has 3 aromatic carbocycles. The van der Waals surface area contributed by atoms with Crippen LogP contribution >= 0.6 is 22.7 Å². The summed E-state index contributed by atoms with van der Waals surface area (Å²) < 4.78 is 17.4. The number of amides is 1. The van der Waals surface area contributed by atoms with Gasteiger partial charge in [0.15, 0.2) is 0 Å².